The van der Waals surface area contributed by atoms with E-state index in [1.165, 1.54) is 12.5 Å². The third-order valence-corrected chi connectivity index (χ3v) is 5.58. The van der Waals surface area contributed by atoms with Gasteiger partial charge in [0.2, 0.25) is 11.8 Å². The van der Waals surface area contributed by atoms with Gasteiger partial charge in [0, 0.05) is 12.3 Å². The molecule has 1 amide bonds. The van der Waals surface area contributed by atoms with Crippen LogP contribution in [0.25, 0.3) is 22.8 Å². The van der Waals surface area contributed by atoms with Crippen molar-refractivity contribution in [3.8, 4) is 28.9 Å². The van der Waals surface area contributed by atoms with E-state index in [9.17, 15) is 10.1 Å². The zero-order valence-corrected chi connectivity index (χ0v) is 18.1. The standard InChI is InChI=1S/C28H20N2O4/c29-18-22-26(23-13-7-15-32-23)27(24-14-8-16-33-24)34-28(22)30-25(31)17-21(19-9-3-1-4-10-19)20-11-5-2-6-12-20/h1-16,21H,17H2,(H,30,31). The molecule has 0 fully saturated rings. The lowest BCUT2D eigenvalue weighted by atomic mass is 9.88. The number of hydrogen-bond donors (Lipinski definition) is 1. The smallest absolute Gasteiger partial charge is 0.227 e. The summed E-state index contributed by atoms with van der Waals surface area (Å²) in [7, 11) is 0. The molecule has 6 nitrogen and oxygen atoms in total. The summed E-state index contributed by atoms with van der Waals surface area (Å²) >= 11 is 0. The molecule has 2 aromatic carbocycles. The van der Waals surface area contributed by atoms with Crippen LogP contribution in [0, 0.1) is 11.3 Å². The van der Waals surface area contributed by atoms with E-state index >= 15 is 0 Å². The predicted molar refractivity (Wildman–Crippen MR) is 127 cm³/mol. The summed E-state index contributed by atoms with van der Waals surface area (Å²) in [5, 5.41) is 12.7. The van der Waals surface area contributed by atoms with Crippen LogP contribution in [0.15, 0.2) is 111 Å². The number of anilines is 1. The van der Waals surface area contributed by atoms with Gasteiger partial charge in [-0.25, -0.2) is 0 Å². The first-order valence-electron chi connectivity index (χ1n) is 10.8. The minimum absolute atomic E-state index is 0.0603. The zero-order chi connectivity index (χ0) is 23.3. The van der Waals surface area contributed by atoms with E-state index in [1.54, 1.807) is 24.3 Å². The Morgan fingerprint density at radius 3 is 1.94 bits per heavy atom. The molecule has 5 aromatic rings. The van der Waals surface area contributed by atoms with E-state index < -0.39 is 0 Å². The van der Waals surface area contributed by atoms with E-state index in [1.807, 2.05) is 60.7 Å². The number of benzene rings is 2. The lowest BCUT2D eigenvalue weighted by Crippen LogP contribution is -2.16. The second-order valence-corrected chi connectivity index (χ2v) is 7.70. The molecule has 0 bridgehead atoms. The molecule has 3 aromatic heterocycles. The third kappa shape index (κ3) is 4.15. The van der Waals surface area contributed by atoms with Crippen LogP contribution < -0.4 is 5.32 Å². The summed E-state index contributed by atoms with van der Waals surface area (Å²) in [5.41, 5.74) is 2.65. The lowest BCUT2D eigenvalue weighted by molar-refractivity contribution is -0.116. The van der Waals surface area contributed by atoms with Crippen molar-refractivity contribution < 1.29 is 18.0 Å². The molecule has 0 aliphatic heterocycles. The van der Waals surface area contributed by atoms with Gasteiger partial charge in [-0.2, -0.15) is 5.26 Å². The summed E-state index contributed by atoms with van der Waals surface area (Å²) in [4.78, 5) is 13.2. The molecule has 5 rings (SSSR count). The zero-order valence-electron chi connectivity index (χ0n) is 18.1. The highest BCUT2D eigenvalue weighted by molar-refractivity contribution is 5.95. The Morgan fingerprint density at radius 2 is 1.41 bits per heavy atom. The van der Waals surface area contributed by atoms with Crippen molar-refractivity contribution in [2.45, 2.75) is 12.3 Å². The van der Waals surface area contributed by atoms with Gasteiger partial charge in [0.1, 0.15) is 17.4 Å². The maximum atomic E-state index is 13.2. The van der Waals surface area contributed by atoms with E-state index in [0.29, 0.717) is 22.8 Å². The van der Waals surface area contributed by atoms with Crippen LogP contribution in [0.4, 0.5) is 5.88 Å². The molecule has 0 unspecified atom stereocenters. The third-order valence-electron chi connectivity index (χ3n) is 5.58. The normalized spacial score (nSPS) is 10.8. The van der Waals surface area contributed by atoms with Gasteiger partial charge in [0.05, 0.1) is 18.1 Å². The quantitative estimate of drug-likeness (QED) is 0.294. The van der Waals surface area contributed by atoms with Gasteiger partial charge in [-0.1, -0.05) is 60.7 Å². The van der Waals surface area contributed by atoms with Crippen LogP contribution in [-0.2, 0) is 4.79 Å². The molecule has 166 valence electrons. The highest BCUT2D eigenvalue weighted by atomic mass is 16.4. The summed E-state index contributed by atoms with van der Waals surface area (Å²) in [6, 6.07) is 28.7. The van der Waals surface area contributed by atoms with Gasteiger partial charge in [-0.05, 0) is 35.4 Å². The number of amides is 1. The van der Waals surface area contributed by atoms with E-state index in [4.69, 9.17) is 13.3 Å². The maximum Gasteiger partial charge on any atom is 0.227 e. The number of hydrogen-bond acceptors (Lipinski definition) is 5. The Labute approximate surface area is 196 Å². The van der Waals surface area contributed by atoms with Gasteiger partial charge in [-0.3, -0.25) is 10.1 Å². The molecular weight excluding hydrogens is 428 g/mol. The molecule has 0 radical (unpaired) electrons. The van der Waals surface area contributed by atoms with E-state index in [0.717, 1.165) is 11.1 Å². The number of carbonyl (C=O) groups excluding carboxylic acids is 1. The van der Waals surface area contributed by atoms with Crippen LogP contribution >= 0.6 is 0 Å². The predicted octanol–water partition coefficient (Wildman–Crippen LogP) is 6.83. The number of rotatable bonds is 7. The first-order valence-corrected chi connectivity index (χ1v) is 10.8. The SMILES string of the molecule is N#Cc1c(NC(=O)CC(c2ccccc2)c2ccccc2)oc(-c2ccco2)c1-c1ccco1. The van der Waals surface area contributed by atoms with Crippen LogP contribution in [0.3, 0.4) is 0 Å². The Morgan fingerprint density at radius 1 is 0.824 bits per heavy atom. The molecule has 0 aliphatic rings. The van der Waals surface area contributed by atoms with Gasteiger partial charge < -0.3 is 13.3 Å². The van der Waals surface area contributed by atoms with Crippen molar-refractivity contribution in [1.82, 2.24) is 0 Å². The first-order chi connectivity index (χ1) is 16.7. The molecule has 0 aliphatic carbocycles. The number of nitrogens with zero attached hydrogens (tertiary/aromatic N) is 1. The average molecular weight is 448 g/mol. The lowest BCUT2D eigenvalue weighted by Gasteiger charge is -2.17. The minimum Gasteiger partial charge on any atom is -0.464 e. The van der Waals surface area contributed by atoms with Gasteiger partial charge in [0.25, 0.3) is 0 Å². The second-order valence-electron chi connectivity index (χ2n) is 7.70. The van der Waals surface area contributed by atoms with Crippen molar-refractivity contribution in [3.63, 3.8) is 0 Å². The fourth-order valence-corrected chi connectivity index (χ4v) is 4.02. The summed E-state index contributed by atoms with van der Waals surface area (Å²) in [6.45, 7) is 0. The monoisotopic (exact) mass is 448 g/mol. The number of furan rings is 3. The Balaban J connectivity index is 1.49. The molecule has 6 heteroatoms. The van der Waals surface area contributed by atoms with Crippen molar-refractivity contribution in [2.75, 3.05) is 5.32 Å². The van der Waals surface area contributed by atoms with E-state index in [-0.39, 0.29) is 29.7 Å². The number of nitrogens with one attached hydrogen (secondary N) is 1. The van der Waals surface area contributed by atoms with Crippen molar-refractivity contribution >= 4 is 11.8 Å². The number of carbonyl (C=O) groups is 1. The molecular formula is C28H20N2O4. The van der Waals surface area contributed by atoms with Crippen LogP contribution in [0.5, 0.6) is 0 Å². The maximum absolute atomic E-state index is 13.2. The summed E-state index contributed by atoms with van der Waals surface area (Å²) in [6.07, 6.45) is 3.20. The van der Waals surface area contributed by atoms with Gasteiger partial charge >= 0.3 is 0 Å². The largest absolute Gasteiger partial charge is 0.464 e. The number of nitriles is 1. The molecule has 3 heterocycles. The molecule has 34 heavy (non-hydrogen) atoms. The van der Waals surface area contributed by atoms with Crippen molar-refractivity contribution in [3.05, 3.63) is 114 Å². The molecule has 0 spiro atoms. The van der Waals surface area contributed by atoms with Crippen LogP contribution in [-0.4, -0.2) is 5.91 Å². The summed E-state index contributed by atoms with van der Waals surface area (Å²) in [5.74, 6) is 0.810. The molecule has 0 atom stereocenters. The fourth-order valence-electron chi connectivity index (χ4n) is 4.02. The molecule has 0 saturated carbocycles. The molecule has 1 N–H and O–H groups in total. The average Bonchev–Trinajstić information content (AvgIpc) is 3.64. The Bertz CT molecular complexity index is 1370. The first kappa shape index (κ1) is 21.1. The highest BCUT2D eigenvalue weighted by Gasteiger charge is 2.28. The minimum atomic E-state index is -0.278. The Kier molecular flexibility index (Phi) is 5.83. The van der Waals surface area contributed by atoms with Gasteiger partial charge in [0.15, 0.2) is 11.5 Å². The van der Waals surface area contributed by atoms with Crippen molar-refractivity contribution in [1.29, 1.82) is 5.26 Å². The van der Waals surface area contributed by atoms with Crippen molar-refractivity contribution in [2.24, 2.45) is 0 Å². The molecule has 0 saturated heterocycles. The van der Waals surface area contributed by atoms with E-state index in [2.05, 4.69) is 11.4 Å². The topological polar surface area (TPSA) is 92.3 Å². The fraction of sp³-hybridized carbons (Fsp3) is 0.0714. The van der Waals surface area contributed by atoms with Crippen LogP contribution in [0.1, 0.15) is 29.0 Å². The summed E-state index contributed by atoms with van der Waals surface area (Å²) < 4.78 is 17.0. The van der Waals surface area contributed by atoms with Crippen LogP contribution in [0.2, 0.25) is 0 Å². The van der Waals surface area contributed by atoms with Gasteiger partial charge in [-0.15, -0.1) is 0 Å². The highest BCUT2D eigenvalue weighted by Crippen LogP contribution is 2.42. The Hall–Kier alpha value is -4.76. The second kappa shape index (κ2) is 9.39.